The Morgan fingerprint density at radius 2 is 0.750 bits per heavy atom. The van der Waals surface area contributed by atoms with Crippen LogP contribution in [0.25, 0.3) is 0 Å². The second kappa shape index (κ2) is 47.6. The normalized spacial score (nSPS) is 13.9. The molecular formula is C55H114N2O6P+. The standard InChI is InChI=1S/C55H113N2O6P/c1-6-8-10-12-13-14-15-16-17-18-19-20-21-22-23-24-25-26-27-28-29-30-31-32-33-34-35-36-37-38-39-40-41-42-43-44-45-47-49-55(59)56-53(54(58)48-46-11-9-7-2)52-63-64(60,61)62-51-50-57(3,4)5/h53-54,58H,6-52H2,1-5H3,(H-,56,59,60,61)/p+1. The van der Waals surface area contributed by atoms with Gasteiger partial charge in [0.05, 0.1) is 39.9 Å². The Morgan fingerprint density at radius 3 is 1.05 bits per heavy atom. The van der Waals surface area contributed by atoms with E-state index in [0.29, 0.717) is 23.9 Å². The fraction of sp³-hybridized carbons (Fsp3) is 0.982. The molecule has 1 amide bonds. The molecule has 0 aromatic heterocycles. The van der Waals surface area contributed by atoms with Crippen LogP contribution in [0.15, 0.2) is 0 Å². The third-order valence-corrected chi connectivity index (χ3v) is 14.3. The molecule has 3 unspecified atom stereocenters. The number of hydrogen-bond donors (Lipinski definition) is 3. The van der Waals surface area contributed by atoms with Gasteiger partial charge in [-0.05, 0) is 12.8 Å². The van der Waals surface area contributed by atoms with Gasteiger partial charge in [0.1, 0.15) is 13.2 Å². The SMILES string of the molecule is CCCCCCCCCCCCCCCCCCCCCCCCCCCCCCCCCCCCCCCCC(=O)NC(COP(=O)(O)OCC[N+](C)(C)C)C(O)CCCCCC. The van der Waals surface area contributed by atoms with Crippen molar-refractivity contribution in [2.24, 2.45) is 0 Å². The van der Waals surface area contributed by atoms with E-state index in [1.54, 1.807) is 0 Å². The molecule has 0 aromatic rings. The molecule has 8 nitrogen and oxygen atoms in total. The maximum Gasteiger partial charge on any atom is 0.472 e. The fourth-order valence-electron chi connectivity index (χ4n) is 8.87. The lowest BCUT2D eigenvalue weighted by Crippen LogP contribution is -2.46. The predicted molar refractivity (Wildman–Crippen MR) is 277 cm³/mol. The van der Waals surface area contributed by atoms with Crippen LogP contribution in [0.2, 0.25) is 0 Å². The van der Waals surface area contributed by atoms with Crippen LogP contribution in [0, 0.1) is 0 Å². The van der Waals surface area contributed by atoms with Crippen LogP contribution >= 0.6 is 7.82 Å². The number of nitrogens with one attached hydrogen (secondary N) is 1. The minimum atomic E-state index is -4.29. The number of hydrogen-bond acceptors (Lipinski definition) is 5. The van der Waals surface area contributed by atoms with Gasteiger partial charge in [-0.25, -0.2) is 4.57 Å². The summed E-state index contributed by atoms with van der Waals surface area (Å²) >= 11 is 0. The summed E-state index contributed by atoms with van der Waals surface area (Å²) in [5.41, 5.74) is 0. The molecular weight excluding hydrogens is 816 g/mol. The average Bonchev–Trinajstić information content (AvgIpc) is 3.25. The van der Waals surface area contributed by atoms with Gasteiger partial charge in [0, 0.05) is 6.42 Å². The van der Waals surface area contributed by atoms with Crippen LogP contribution in [0.4, 0.5) is 0 Å². The minimum Gasteiger partial charge on any atom is -0.391 e. The van der Waals surface area contributed by atoms with E-state index < -0.39 is 20.0 Å². The fourth-order valence-corrected chi connectivity index (χ4v) is 9.61. The Kier molecular flexibility index (Phi) is 47.2. The smallest absolute Gasteiger partial charge is 0.391 e. The third-order valence-electron chi connectivity index (χ3n) is 13.4. The van der Waals surface area contributed by atoms with Gasteiger partial charge in [0.2, 0.25) is 5.91 Å². The highest BCUT2D eigenvalue weighted by Crippen LogP contribution is 2.43. The lowest BCUT2D eigenvalue weighted by Gasteiger charge is -2.26. The Morgan fingerprint density at radius 1 is 0.469 bits per heavy atom. The van der Waals surface area contributed by atoms with Crippen molar-refractivity contribution in [1.82, 2.24) is 5.32 Å². The average molecular weight is 930 g/mol. The molecule has 3 atom stereocenters. The number of quaternary nitrogens is 1. The van der Waals surface area contributed by atoms with Gasteiger partial charge in [0.25, 0.3) is 0 Å². The minimum absolute atomic E-state index is 0.0770. The number of carbonyl (C=O) groups is 1. The van der Waals surface area contributed by atoms with Gasteiger partial charge in [-0.15, -0.1) is 0 Å². The summed E-state index contributed by atoms with van der Waals surface area (Å²) in [6, 6.07) is -0.751. The number of likely N-dealkylation sites (N-methyl/N-ethyl adjacent to an activating group) is 1. The van der Waals surface area contributed by atoms with Crippen molar-refractivity contribution in [2.75, 3.05) is 40.9 Å². The van der Waals surface area contributed by atoms with Crippen LogP contribution in [0.3, 0.4) is 0 Å². The second-order valence-corrected chi connectivity index (χ2v) is 22.5. The summed E-state index contributed by atoms with van der Waals surface area (Å²) in [5.74, 6) is -0.147. The summed E-state index contributed by atoms with van der Waals surface area (Å²) in [5, 5.41) is 13.7. The molecule has 0 aliphatic rings. The first-order valence-corrected chi connectivity index (χ1v) is 29.9. The van der Waals surface area contributed by atoms with E-state index in [0.717, 1.165) is 44.9 Å². The lowest BCUT2D eigenvalue weighted by molar-refractivity contribution is -0.870. The van der Waals surface area contributed by atoms with Crippen LogP contribution in [0.1, 0.15) is 296 Å². The van der Waals surface area contributed by atoms with Crippen molar-refractivity contribution >= 4 is 13.7 Å². The number of unbranched alkanes of at least 4 members (excludes halogenated alkanes) is 40. The molecule has 384 valence electrons. The van der Waals surface area contributed by atoms with Crippen molar-refractivity contribution in [2.45, 2.75) is 309 Å². The van der Waals surface area contributed by atoms with E-state index in [1.165, 1.54) is 225 Å². The van der Waals surface area contributed by atoms with Crippen molar-refractivity contribution in [3.63, 3.8) is 0 Å². The van der Waals surface area contributed by atoms with Crippen molar-refractivity contribution in [3.8, 4) is 0 Å². The molecule has 0 fully saturated rings. The number of amides is 1. The van der Waals surface area contributed by atoms with Crippen LogP contribution in [-0.2, 0) is 18.4 Å². The predicted octanol–water partition coefficient (Wildman–Crippen LogP) is 16.9. The molecule has 64 heavy (non-hydrogen) atoms. The zero-order valence-electron chi connectivity index (χ0n) is 43.8. The second-order valence-electron chi connectivity index (χ2n) is 21.0. The highest BCUT2D eigenvalue weighted by molar-refractivity contribution is 7.47. The van der Waals surface area contributed by atoms with E-state index in [2.05, 4.69) is 19.2 Å². The topological polar surface area (TPSA) is 105 Å². The summed E-state index contributed by atoms with van der Waals surface area (Å²) in [6.45, 7) is 4.80. The van der Waals surface area contributed by atoms with Gasteiger partial charge in [-0.2, -0.15) is 0 Å². The number of phosphoric acid groups is 1. The van der Waals surface area contributed by atoms with E-state index >= 15 is 0 Å². The molecule has 9 heteroatoms. The number of aliphatic hydroxyl groups is 1. The van der Waals surface area contributed by atoms with Crippen molar-refractivity contribution in [1.29, 1.82) is 0 Å². The van der Waals surface area contributed by atoms with Crippen LogP contribution in [0.5, 0.6) is 0 Å². The summed E-state index contributed by atoms with van der Waals surface area (Å²) < 4.78 is 23.4. The molecule has 0 bridgehead atoms. The van der Waals surface area contributed by atoms with Gasteiger partial charge < -0.3 is 19.8 Å². The van der Waals surface area contributed by atoms with Gasteiger partial charge >= 0.3 is 7.82 Å². The first kappa shape index (κ1) is 63.5. The molecule has 0 radical (unpaired) electrons. The van der Waals surface area contributed by atoms with Gasteiger partial charge in [0.15, 0.2) is 0 Å². The number of nitrogens with zero attached hydrogens (tertiary/aromatic N) is 1. The molecule has 0 heterocycles. The molecule has 0 aliphatic heterocycles. The van der Waals surface area contributed by atoms with E-state index in [4.69, 9.17) is 9.05 Å². The molecule has 0 spiro atoms. The van der Waals surface area contributed by atoms with Crippen LogP contribution < -0.4 is 5.32 Å². The third kappa shape index (κ3) is 49.4. The van der Waals surface area contributed by atoms with Gasteiger partial charge in [-0.3, -0.25) is 13.8 Å². The van der Waals surface area contributed by atoms with Crippen LogP contribution in [-0.4, -0.2) is 73.4 Å². The van der Waals surface area contributed by atoms with Crippen molar-refractivity contribution in [3.05, 3.63) is 0 Å². The maximum atomic E-state index is 12.8. The summed E-state index contributed by atoms with van der Waals surface area (Å²) in [4.78, 5) is 23.0. The quantitative estimate of drug-likeness (QED) is 0.0319. The number of aliphatic hydroxyl groups excluding tert-OH is 1. The zero-order chi connectivity index (χ0) is 47.1. The number of carbonyl (C=O) groups excluding carboxylic acids is 1. The highest BCUT2D eigenvalue weighted by atomic mass is 31.2. The van der Waals surface area contributed by atoms with Gasteiger partial charge in [-0.1, -0.05) is 277 Å². The summed E-state index contributed by atoms with van der Waals surface area (Å²) in [6.07, 6.45) is 57.0. The molecule has 0 aromatic carbocycles. The first-order chi connectivity index (χ1) is 31.0. The molecule has 0 aliphatic carbocycles. The molecule has 0 saturated heterocycles. The molecule has 0 rings (SSSR count). The Labute approximate surface area is 399 Å². The Bertz CT molecular complexity index is 1010. The Hall–Kier alpha value is -0.500. The zero-order valence-corrected chi connectivity index (χ0v) is 44.7. The largest absolute Gasteiger partial charge is 0.472 e. The first-order valence-electron chi connectivity index (χ1n) is 28.4. The van der Waals surface area contributed by atoms with E-state index in [1.807, 2.05) is 21.1 Å². The summed E-state index contributed by atoms with van der Waals surface area (Å²) in [7, 11) is 1.62. The molecule has 0 saturated carbocycles. The molecule has 3 N–H and O–H groups in total. The number of rotatable bonds is 53. The van der Waals surface area contributed by atoms with Crippen molar-refractivity contribution < 1.29 is 32.9 Å². The Balaban J connectivity index is 3.59. The lowest BCUT2D eigenvalue weighted by atomic mass is 10.0. The monoisotopic (exact) mass is 930 g/mol. The highest BCUT2D eigenvalue weighted by Gasteiger charge is 2.28. The van der Waals surface area contributed by atoms with E-state index in [-0.39, 0.29) is 19.1 Å². The number of phosphoric ester groups is 1. The maximum absolute atomic E-state index is 12.8. The van der Waals surface area contributed by atoms with E-state index in [9.17, 15) is 19.4 Å².